The zero-order chi connectivity index (χ0) is 16.9. The molecule has 6 nitrogen and oxygen atoms in total. The van der Waals surface area contributed by atoms with E-state index in [1.807, 2.05) is 6.07 Å². The normalized spacial score (nSPS) is 13.1. The largest absolute Gasteiger partial charge is 0.357 e. The summed E-state index contributed by atoms with van der Waals surface area (Å²) in [6.45, 7) is 4.26. The topological polar surface area (TPSA) is 84.0 Å². The van der Waals surface area contributed by atoms with Crippen LogP contribution in [0, 0.1) is 0 Å². The van der Waals surface area contributed by atoms with Crippen LogP contribution in [0.2, 0.25) is 0 Å². The molecule has 1 aromatic heterocycles. The number of nitrogens with zero attached hydrogens (tertiary/aromatic N) is 2. The van der Waals surface area contributed by atoms with Crippen molar-refractivity contribution in [3.05, 3.63) is 42.0 Å². The molecule has 0 radical (unpaired) electrons. The fourth-order valence-electron chi connectivity index (χ4n) is 2.27. The molecule has 2 aromatic rings. The minimum Gasteiger partial charge on any atom is -0.357 e. The molecule has 1 aliphatic heterocycles. The Kier molecular flexibility index (Phi) is 5.27. The lowest BCUT2D eigenvalue weighted by Crippen LogP contribution is -2.19. The quantitative estimate of drug-likeness (QED) is 0.449. The number of benzene rings is 1. The SMILES string of the molecule is C=CCNc1nnc(SCC(=O)c2ccc3c(c2)CCC(=O)N3)s1. The fraction of sp³-hybridized carbons (Fsp3) is 0.250. The molecule has 0 atom stereocenters. The lowest BCUT2D eigenvalue weighted by Gasteiger charge is -2.17. The van der Waals surface area contributed by atoms with Crippen molar-refractivity contribution in [2.45, 2.75) is 17.2 Å². The third kappa shape index (κ3) is 4.01. The number of thioether (sulfide) groups is 1. The number of anilines is 2. The third-order valence-corrected chi connectivity index (χ3v) is 5.47. The maximum absolute atomic E-state index is 12.4. The van der Waals surface area contributed by atoms with Gasteiger partial charge in [0.15, 0.2) is 10.1 Å². The molecule has 0 spiro atoms. The van der Waals surface area contributed by atoms with Gasteiger partial charge < -0.3 is 10.6 Å². The first-order valence-corrected chi connectivity index (χ1v) is 9.23. The van der Waals surface area contributed by atoms with Crippen LogP contribution in [-0.2, 0) is 11.2 Å². The minimum absolute atomic E-state index is 0.0225. The van der Waals surface area contributed by atoms with Crippen LogP contribution in [0.25, 0.3) is 0 Å². The maximum Gasteiger partial charge on any atom is 0.224 e. The van der Waals surface area contributed by atoms with Crippen molar-refractivity contribution in [2.24, 2.45) is 0 Å². The number of amides is 1. The van der Waals surface area contributed by atoms with Crippen molar-refractivity contribution >= 4 is 45.6 Å². The van der Waals surface area contributed by atoms with Crippen molar-refractivity contribution in [1.29, 1.82) is 0 Å². The van der Waals surface area contributed by atoms with Gasteiger partial charge in [0.05, 0.1) is 5.75 Å². The highest BCUT2D eigenvalue weighted by atomic mass is 32.2. The number of ketones is 1. The van der Waals surface area contributed by atoms with Gasteiger partial charge in [0.2, 0.25) is 11.0 Å². The Morgan fingerprint density at radius 1 is 1.42 bits per heavy atom. The number of fused-ring (bicyclic) bond motifs is 1. The summed E-state index contributed by atoms with van der Waals surface area (Å²) >= 11 is 2.79. The average Bonchev–Trinajstić information content (AvgIpc) is 3.05. The highest BCUT2D eigenvalue weighted by Crippen LogP contribution is 2.27. The first kappa shape index (κ1) is 16.7. The lowest BCUT2D eigenvalue weighted by atomic mass is 9.99. The Hall–Kier alpha value is -2.19. The molecule has 1 amide bonds. The number of carbonyl (C=O) groups excluding carboxylic acids is 2. The number of hydrogen-bond donors (Lipinski definition) is 2. The molecular weight excluding hydrogens is 344 g/mol. The van der Waals surface area contributed by atoms with E-state index in [-0.39, 0.29) is 11.7 Å². The smallest absolute Gasteiger partial charge is 0.224 e. The number of nitrogens with one attached hydrogen (secondary N) is 2. The Bertz CT molecular complexity index is 788. The van der Waals surface area contributed by atoms with Crippen LogP contribution in [0.3, 0.4) is 0 Å². The third-order valence-electron chi connectivity index (χ3n) is 3.45. The number of aryl methyl sites for hydroxylation is 1. The Morgan fingerprint density at radius 3 is 3.12 bits per heavy atom. The predicted octanol–water partition coefficient (Wildman–Crippen LogP) is 3.00. The molecule has 0 unspecified atom stereocenters. The van der Waals surface area contributed by atoms with Gasteiger partial charge in [-0.25, -0.2) is 0 Å². The molecule has 8 heteroatoms. The molecule has 1 aromatic carbocycles. The number of carbonyl (C=O) groups is 2. The van der Waals surface area contributed by atoms with Gasteiger partial charge in [-0.15, -0.1) is 16.8 Å². The van der Waals surface area contributed by atoms with Gasteiger partial charge in [0, 0.05) is 24.2 Å². The molecular formula is C16H16N4O2S2. The van der Waals surface area contributed by atoms with Gasteiger partial charge in [-0.2, -0.15) is 0 Å². The molecule has 1 aliphatic rings. The van der Waals surface area contributed by atoms with E-state index in [1.165, 1.54) is 23.1 Å². The van der Waals surface area contributed by atoms with Crippen molar-refractivity contribution in [2.75, 3.05) is 22.9 Å². The predicted molar refractivity (Wildman–Crippen MR) is 97.0 cm³/mol. The van der Waals surface area contributed by atoms with E-state index in [9.17, 15) is 9.59 Å². The summed E-state index contributed by atoms with van der Waals surface area (Å²) in [5.41, 5.74) is 2.47. The van der Waals surface area contributed by atoms with Crippen LogP contribution < -0.4 is 10.6 Å². The molecule has 2 N–H and O–H groups in total. The van der Waals surface area contributed by atoms with Crippen molar-refractivity contribution in [3.63, 3.8) is 0 Å². The summed E-state index contributed by atoms with van der Waals surface area (Å²) in [6.07, 6.45) is 2.88. The first-order chi connectivity index (χ1) is 11.7. The van der Waals surface area contributed by atoms with Crippen LogP contribution in [0.15, 0.2) is 35.2 Å². The van der Waals surface area contributed by atoms with Gasteiger partial charge >= 0.3 is 0 Å². The molecule has 0 saturated carbocycles. The molecule has 124 valence electrons. The van der Waals surface area contributed by atoms with E-state index in [0.29, 0.717) is 30.7 Å². The van der Waals surface area contributed by atoms with E-state index < -0.39 is 0 Å². The average molecular weight is 360 g/mol. The molecule has 24 heavy (non-hydrogen) atoms. The molecule has 0 saturated heterocycles. The number of rotatable bonds is 7. The second kappa shape index (κ2) is 7.59. The molecule has 0 fully saturated rings. The van der Waals surface area contributed by atoms with Crippen LogP contribution >= 0.6 is 23.1 Å². The molecule has 0 aliphatic carbocycles. The van der Waals surface area contributed by atoms with Gasteiger partial charge in [-0.05, 0) is 30.2 Å². The Morgan fingerprint density at radius 2 is 2.29 bits per heavy atom. The number of Topliss-reactive ketones (excluding diaryl/α,β-unsaturated/α-hetero) is 1. The molecule has 2 heterocycles. The molecule has 3 rings (SSSR count). The second-order valence-electron chi connectivity index (χ2n) is 5.17. The lowest BCUT2D eigenvalue weighted by molar-refractivity contribution is -0.116. The first-order valence-electron chi connectivity index (χ1n) is 7.43. The monoisotopic (exact) mass is 360 g/mol. The van der Waals surface area contributed by atoms with E-state index in [4.69, 9.17) is 0 Å². The molecule has 0 bridgehead atoms. The summed E-state index contributed by atoms with van der Waals surface area (Å²) in [5.74, 6) is 0.367. The Labute approximate surface area is 147 Å². The van der Waals surface area contributed by atoms with Crippen LogP contribution in [0.4, 0.5) is 10.8 Å². The Balaban J connectivity index is 1.60. The summed E-state index contributed by atoms with van der Waals surface area (Å²) in [6, 6.07) is 5.42. The second-order valence-corrected chi connectivity index (χ2v) is 7.37. The van der Waals surface area contributed by atoms with Crippen molar-refractivity contribution in [3.8, 4) is 0 Å². The summed E-state index contributed by atoms with van der Waals surface area (Å²) < 4.78 is 0.750. The minimum atomic E-state index is 0.0225. The number of hydrogen-bond acceptors (Lipinski definition) is 7. The highest BCUT2D eigenvalue weighted by molar-refractivity contribution is 8.01. The van der Waals surface area contributed by atoms with Crippen LogP contribution in [0.5, 0.6) is 0 Å². The van der Waals surface area contributed by atoms with Crippen LogP contribution in [0.1, 0.15) is 22.3 Å². The van der Waals surface area contributed by atoms with Crippen molar-refractivity contribution in [1.82, 2.24) is 10.2 Å². The van der Waals surface area contributed by atoms with Gasteiger partial charge in [-0.1, -0.05) is 29.2 Å². The highest BCUT2D eigenvalue weighted by Gasteiger charge is 2.17. The van der Waals surface area contributed by atoms with E-state index >= 15 is 0 Å². The van der Waals surface area contributed by atoms with Gasteiger partial charge in [-0.3, -0.25) is 9.59 Å². The van der Waals surface area contributed by atoms with E-state index in [0.717, 1.165) is 20.7 Å². The summed E-state index contributed by atoms with van der Waals surface area (Å²) in [5, 5.41) is 14.7. The van der Waals surface area contributed by atoms with Crippen LogP contribution in [-0.4, -0.2) is 34.2 Å². The summed E-state index contributed by atoms with van der Waals surface area (Å²) in [7, 11) is 0. The zero-order valence-corrected chi connectivity index (χ0v) is 14.5. The summed E-state index contributed by atoms with van der Waals surface area (Å²) in [4.78, 5) is 23.7. The van der Waals surface area contributed by atoms with Gasteiger partial charge in [0.25, 0.3) is 0 Å². The van der Waals surface area contributed by atoms with Crippen molar-refractivity contribution < 1.29 is 9.59 Å². The van der Waals surface area contributed by atoms with E-state index in [1.54, 1.807) is 18.2 Å². The number of aromatic nitrogens is 2. The zero-order valence-electron chi connectivity index (χ0n) is 12.9. The standard InChI is InChI=1S/C16H16N4O2S2/c1-2-7-17-15-19-20-16(24-15)23-9-13(21)11-3-5-12-10(8-11)4-6-14(22)18-12/h2-3,5,8H,1,4,6-7,9H2,(H,17,19)(H,18,22). The van der Waals surface area contributed by atoms with Gasteiger partial charge in [0.1, 0.15) is 0 Å². The van der Waals surface area contributed by atoms with E-state index in [2.05, 4.69) is 27.4 Å². The fourth-order valence-corrected chi connectivity index (χ4v) is 3.92. The maximum atomic E-state index is 12.4.